The molecule has 1 aromatic rings. The Labute approximate surface area is 117 Å². The van der Waals surface area contributed by atoms with Crippen LogP contribution in [0.3, 0.4) is 0 Å². The highest BCUT2D eigenvalue weighted by atomic mass is 19.4. The molecular weight excluding hydrogens is 291 g/mol. The van der Waals surface area contributed by atoms with Gasteiger partial charge in [-0.1, -0.05) is 0 Å². The summed E-state index contributed by atoms with van der Waals surface area (Å²) in [6.45, 7) is 0.316. The average molecular weight is 301 g/mol. The molecule has 112 valence electrons. The molecule has 1 aromatic carbocycles. The van der Waals surface area contributed by atoms with Gasteiger partial charge in [0.15, 0.2) is 0 Å². The fourth-order valence-electron chi connectivity index (χ4n) is 2.54. The summed E-state index contributed by atoms with van der Waals surface area (Å²) < 4.78 is 44.8. The van der Waals surface area contributed by atoms with Crippen molar-refractivity contribution in [1.82, 2.24) is 4.90 Å². The monoisotopic (exact) mass is 301 g/mol. The number of halogens is 3. The van der Waals surface area contributed by atoms with Crippen LogP contribution < -0.4 is 4.74 Å². The summed E-state index contributed by atoms with van der Waals surface area (Å²) in [6.07, 6.45) is -4.58. The van der Waals surface area contributed by atoms with E-state index in [1.807, 2.05) is 0 Å². The smallest absolute Gasteiger partial charge is 0.459 e. The first-order chi connectivity index (χ1) is 9.83. The number of amides is 1. The van der Waals surface area contributed by atoms with Crippen LogP contribution in [0.2, 0.25) is 0 Å². The summed E-state index contributed by atoms with van der Waals surface area (Å²) in [5.74, 6) is -1.24. The van der Waals surface area contributed by atoms with Gasteiger partial charge in [0.2, 0.25) is 0 Å². The van der Waals surface area contributed by atoms with Gasteiger partial charge in [0.25, 0.3) is 5.91 Å². The number of ether oxygens (including phenoxy) is 2. The molecule has 8 heteroatoms. The molecule has 1 amide bonds. The van der Waals surface area contributed by atoms with Crippen LogP contribution in [0.1, 0.15) is 16.8 Å². The SMILES string of the molecule is O=C1O[C@H]2C[C@H]1N(C(=O)c1ccc(OC(F)(F)F)cc1)C2. The number of carbonyl (C=O) groups is 2. The summed E-state index contributed by atoms with van der Waals surface area (Å²) in [7, 11) is 0. The number of esters is 1. The first kappa shape index (κ1) is 13.7. The molecule has 2 bridgehead atoms. The van der Waals surface area contributed by atoms with E-state index >= 15 is 0 Å². The Kier molecular flexibility index (Phi) is 3.03. The predicted molar refractivity (Wildman–Crippen MR) is 62.4 cm³/mol. The van der Waals surface area contributed by atoms with E-state index in [2.05, 4.69) is 4.74 Å². The van der Waals surface area contributed by atoms with Gasteiger partial charge >= 0.3 is 12.3 Å². The van der Waals surface area contributed by atoms with Crippen LogP contribution in [0, 0.1) is 0 Å². The van der Waals surface area contributed by atoms with Gasteiger partial charge < -0.3 is 14.4 Å². The second-order valence-corrected chi connectivity index (χ2v) is 4.84. The van der Waals surface area contributed by atoms with Gasteiger partial charge in [-0.2, -0.15) is 0 Å². The molecule has 21 heavy (non-hydrogen) atoms. The highest BCUT2D eigenvalue weighted by Crippen LogP contribution is 2.30. The second-order valence-electron chi connectivity index (χ2n) is 4.84. The summed E-state index contributed by atoms with van der Waals surface area (Å²) in [5, 5.41) is 0. The van der Waals surface area contributed by atoms with E-state index in [1.165, 1.54) is 17.0 Å². The molecule has 0 unspecified atom stereocenters. The molecule has 2 aliphatic rings. The Balaban J connectivity index is 1.72. The average Bonchev–Trinajstić information content (AvgIpc) is 2.96. The first-order valence-electron chi connectivity index (χ1n) is 6.21. The largest absolute Gasteiger partial charge is 0.573 e. The molecule has 0 saturated carbocycles. The third-order valence-corrected chi connectivity index (χ3v) is 3.41. The highest BCUT2D eigenvalue weighted by molar-refractivity contribution is 5.98. The van der Waals surface area contributed by atoms with Crippen molar-refractivity contribution >= 4 is 11.9 Å². The number of carbonyl (C=O) groups excluding carboxylic acids is 2. The Hall–Kier alpha value is -2.25. The van der Waals surface area contributed by atoms with Crippen molar-refractivity contribution in [1.29, 1.82) is 0 Å². The molecule has 2 atom stereocenters. The number of alkyl halides is 3. The van der Waals surface area contributed by atoms with Gasteiger partial charge in [-0.3, -0.25) is 4.79 Å². The second kappa shape index (κ2) is 4.64. The van der Waals surface area contributed by atoms with Gasteiger partial charge in [-0.25, -0.2) is 4.79 Å². The van der Waals surface area contributed by atoms with Crippen LogP contribution in [0.4, 0.5) is 13.2 Å². The Morgan fingerprint density at radius 2 is 1.95 bits per heavy atom. The molecule has 0 N–H and O–H groups in total. The summed E-state index contributed by atoms with van der Waals surface area (Å²) in [4.78, 5) is 25.1. The summed E-state index contributed by atoms with van der Waals surface area (Å²) in [5.41, 5.74) is 0.199. The van der Waals surface area contributed by atoms with Crippen molar-refractivity contribution in [2.24, 2.45) is 0 Å². The zero-order valence-electron chi connectivity index (χ0n) is 10.6. The standard InChI is InChI=1S/C13H10F3NO4/c14-13(15,16)21-8-3-1-7(2-4-8)11(18)17-6-9-5-10(17)12(19)20-9/h1-4,9-10H,5-6H2/t9-,10+/m0/s1. The number of nitrogens with zero attached hydrogens (tertiary/aromatic N) is 1. The lowest BCUT2D eigenvalue weighted by atomic mass is 10.1. The van der Waals surface area contributed by atoms with E-state index in [4.69, 9.17) is 4.74 Å². The van der Waals surface area contributed by atoms with Crippen molar-refractivity contribution in [3.8, 4) is 5.75 Å². The van der Waals surface area contributed by atoms with Gasteiger partial charge in [-0.05, 0) is 24.3 Å². The fraction of sp³-hybridized carbons (Fsp3) is 0.385. The van der Waals surface area contributed by atoms with E-state index in [1.54, 1.807) is 0 Å². The van der Waals surface area contributed by atoms with Gasteiger partial charge in [0.1, 0.15) is 17.9 Å². The molecule has 0 aromatic heterocycles. The maximum absolute atomic E-state index is 12.2. The molecular formula is C13H10F3NO4. The quantitative estimate of drug-likeness (QED) is 0.781. The third-order valence-electron chi connectivity index (χ3n) is 3.41. The third kappa shape index (κ3) is 2.65. The molecule has 0 aliphatic carbocycles. The van der Waals surface area contributed by atoms with Gasteiger partial charge in [0.05, 0.1) is 6.54 Å². The summed E-state index contributed by atoms with van der Waals surface area (Å²) in [6, 6.07) is 4.01. The van der Waals surface area contributed by atoms with E-state index in [9.17, 15) is 22.8 Å². The number of hydrogen-bond donors (Lipinski definition) is 0. The first-order valence-corrected chi connectivity index (χ1v) is 6.21. The van der Waals surface area contributed by atoms with Crippen molar-refractivity contribution < 1.29 is 32.2 Å². The predicted octanol–water partition coefficient (Wildman–Crippen LogP) is 1.73. The minimum absolute atomic E-state index is 0.199. The zero-order chi connectivity index (χ0) is 15.2. The molecule has 0 spiro atoms. The molecule has 0 radical (unpaired) electrons. The van der Waals surface area contributed by atoms with Crippen LogP contribution in [0.15, 0.2) is 24.3 Å². The van der Waals surface area contributed by atoms with E-state index in [0.717, 1.165) is 12.1 Å². The zero-order valence-corrected chi connectivity index (χ0v) is 10.6. The minimum atomic E-state index is -4.77. The minimum Gasteiger partial charge on any atom is -0.459 e. The van der Waals surface area contributed by atoms with Crippen LogP contribution in [-0.4, -0.2) is 41.8 Å². The Bertz CT molecular complexity index is 584. The van der Waals surface area contributed by atoms with Crippen LogP contribution >= 0.6 is 0 Å². The lowest BCUT2D eigenvalue weighted by Crippen LogP contribution is -2.44. The van der Waals surface area contributed by atoms with Gasteiger partial charge in [0, 0.05) is 12.0 Å². The van der Waals surface area contributed by atoms with Gasteiger partial charge in [-0.15, -0.1) is 13.2 Å². The van der Waals surface area contributed by atoms with E-state index in [0.29, 0.717) is 13.0 Å². The topological polar surface area (TPSA) is 55.8 Å². The maximum Gasteiger partial charge on any atom is 0.573 e. The molecule has 3 rings (SSSR count). The van der Waals surface area contributed by atoms with Crippen molar-refractivity contribution in [2.75, 3.05) is 6.54 Å². The highest BCUT2D eigenvalue weighted by Gasteiger charge is 2.48. The maximum atomic E-state index is 12.2. The number of likely N-dealkylation sites (tertiary alicyclic amines) is 1. The van der Waals surface area contributed by atoms with E-state index < -0.39 is 30.0 Å². The van der Waals surface area contributed by atoms with Crippen molar-refractivity contribution in [2.45, 2.75) is 24.9 Å². The number of fused-ring (bicyclic) bond motifs is 2. The molecule has 2 fully saturated rings. The Morgan fingerprint density at radius 3 is 2.48 bits per heavy atom. The van der Waals surface area contributed by atoms with Crippen LogP contribution in [-0.2, 0) is 9.53 Å². The number of benzene rings is 1. The Morgan fingerprint density at radius 1 is 1.29 bits per heavy atom. The lowest BCUT2D eigenvalue weighted by molar-refractivity contribution is -0.274. The van der Waals surface area contributed by atoms with Crippen molar-refractivity contribution in [3.05, 3.63) is 29.8 Å². The molecule has 2 aliphatic heterocycles. The molecule has 2 saturated heterocycles. The number of rotatable bonds is 2. The normalized spacial score (nSPS) is 24.1. The number of morpholine rings is 1. The summed E-state index contributed by atoms with van der Waals surface area (Å²) >= 11 is 0. The lowest BCUT2D eigenvalue weighted by Gasteiger charge is -2.25. The van der Waals surface area contributed by atoms with Crippen molar-refractivity contribution in [3.63, 3.8) is 0 Å². The molecule has 5 nitrogen and oxygen atoms in total. The van der Waals surface area contributed by atoms with Crippen LogP contribution in [0.25, 0.3) is 0 Å². The van der Waals surface area contributed by atoms with Crippen LogP contribution in [0.5, 0.6) is 5.75 Å². The molecule has 2 heterocycles. The fourth-order valence-corrected chi connectivity index (χ4v) is 2.54. The number of hydrogen-bond acceptors (Lipinski definition) is 4. The van der Waals surface area contributed by atoms with E-state index in [-0.39, 0.29) is 11.7 Å².